The first-order valence-corrected chi connectivity index (χ1v) is 25.2. The normalized spacial score (nSPS) is 13.9. The van der Waals surface area contributed by atoms with Crippen molar-refractivity contribution in [1.29, 1.82) is 0 Å². The molecule has 3 unspecified atom stereocenters. The average molecular weight is 838 g/mol. The lowest BCUT2D eigenvalue weighted by molar-refractivity contribution is -0.151. The monoisotopic (exact) mass is 838 g/mol. The summed E-state index contributed by atoms with van der Waals surface area (Å²) in [5.41, 5.74) is 0. The average Bonchev–Trinajstić information content (AvgIpc) is 3.24. The van der Waals surface area contributed by atoms with Crippen molar-refractivity contribution in [2.45, 2.75) is 251 Å². The van der Waals surface area contributed by atoms with Gasteiger partial charge in [-0.25, -0.2) is 0 Å². The molecule has 0 fully saturated rings. The lowest BCUT2D eigenvalue weighted by atomic mass is 10.0. The lowest BCUT2D eigenvalue weighted by Crippen LogP contribution is -2.46. The summed E-state index contributed by atoms with van der Waals surface area (Å²) in [7, 11) is 0. The van der Waals surface area contributed by atoms with E-state index in [1.807, 2.05) is 48.6 Å². The van der Waals surface area contributed by atoms with Crippen LogP contribution in [-0.4, -0.2) is 46.9 Å². The van der Waals surface area contributed by atoms with Crippen molar-refractivity contribution in [2.24, 2.45) is 0 Å². The number of hydrogen-bond acceptors (Lipinski definition) is 5. The fourth-order valence-electron chi connectivity index (χ4n) is 7.33. The van der Waals surface area contributed by atoms with E-state index in [2.05, 4.69) is 50.4 Å². The van der Waals surface area contributed by atoms with Gasteiger partial charge in [0.05, 0.1) is 25.2 Å². The number of aliphatic hydroxyl groups is 2. The Morgan fingerprint density at radius 1 is 0.500 bits per heavy atom. The minimum Gasteiger partial charge on any atom is -0.462 e. The van der Waals surface area contributed by atoms with Gasteiger partial charge in [0.1, 0.15) is 6.10 Å². The zero-order valence-electron chi connectivity index (χ0n) is 39.3. The van der Waals surface area contributed by atoms with Gasteiger partial charge in [0.2, 0.25) is 5.91 Å². The van der Waals surface area contributed by atoms with E-state index in [4.69, 9.17) is 4.74 Å². The van der Waals surface area contributed by atoms with E-state index in [0.717, 1.165) is 64.2 Å². The predicted octanol–water partition coefficient (Wildman–Crippen LogP) is 15.0. The number of carbonyl (C=O) groups is 2. The van der Waals surface area contributed by atoms with Gasteiger partial charge in [-0.2, -0.15) is 0 Å². The van der Waals surface area contributed by atoms with Crippen molar-refractivity contribution in [3.63, 3.8) is 0 Å². The van der Waals surface area contributed by atoms with E-state index < -0.39 is 18.2 Å². The number of esters is 1. The smallest absolute Gasteiger partial charge is 0.306 e. The van der Waals surface area contributed by atoms with Crippen LogP contribution in [0.4, 0.5) is 0 Å². The Labute approximate surface area is 371 Å². The summed E-state index contributed by atoms with van der Waals surface area (Å²) >= 11 is 0. The molecule has 346 valence electrons. The van der Waals surface area contributed by atoms with Crippen LogP contribution in [0.15, 0.2) is 72.9 Å². The predicted molar refractivity (Wildman–Crippen MR) is 259 cm³/mol. The molecule has 60 heavy (non-hydrogen) atoms. The Hall–Kier alpha value is -2.70. The van der Waals surface area contributed by atoms with Crippen molar-refractivity contribution in [3.05, 3.63) is 72.9 Å². The molecule has 0 heterocycles. The Morgan fingerprint density at radius 3 is 1.47 bits per heavy atom. The van der Waals surface area contributed by atoms with Crippen LogP contribution in [0.5, 0.6) is 0 Å². The third-order valence-electron chi connectivity index (χ3n) is 11.1. The Morgan fingerprint density at radius 2 is 0.933 bits per heavy atom. The fraction of sp³-hybridized carbons (Fsp3) is 0.741. The van der Waals surface area contributed by atoms with Gasteiger partial charge in [-0.05, 0) is 64.2 Å². The van der Waals surface area contributed by atoms with Crippen LogP contribution in [0.25, 0.3) is 0 Å². The summed E-state index contributed by atoms with van der Waals surface area (Å²) in [6.07, 6.45) is 59.7. The van der Waals surface area contributed by atoms with Crippen LogP contribution >= 0.6 is 0 Å². The Balaban J connectivity index is 4.64. The van der Waals surface area contributed by atoms with Crippen LogP contribution in [0, 0.1) is 0 Å². The van der Waals surface area contributed by atoms with Gasteiger partial charge in [-0.1, -0.05) is 229 Å². The molecule has 0 aromatic carbocycles. The molecule has 1 amide bonds. The molecule has 0 aliphatic carbocycles. The Kier molecular flexibility index (Phi) is 45.2. The summed E-state index contributed by atoms with van der Waals surface area (Å²) in [4.78, 5) is 26.1. The number of rotatable bonds is 44. The zero-order chi connectivity index (χ0) is 43.8. The minimum atomic E-state index is -0.810. The van der Waals surface area contributed by atoms with Crippen LogP contribution < -0.4 is 5.32 Å². The second-order valence-corrected chi connectivity index (χ2v) is 17.0. The molecule has 0 aliphatic rings. The molecule has 0 aliphatic heterocycles. The largest absolute Gasteiger partial charge is 0.462 e. The highest BCUT2D eigenvalue weighted by atomic mass is 16.5. The summed E-state index contributed by atoms with van der Waals surface area (Å²) in [6.45, 7) is 6.29. The van der Waals surface area contributed by atoms with E-state index in [1.165, 1.54) is 122 Å². The maximum Gasteiger partial charge on any atom is 0.306 e. The second-order valence-electron chi connectivity index (χ2n) is 17.0. The van der Waals surface area contributed by atoms with Crippen LogP contribution in [0.1, 0.15) is 233 Å². The SMILES string of the molecule is CC/C=C/C=C/C=C\C=C/C=C/CCCC(CC(=O)NC(CO)C(O)CCCCCCCCCCCCCCCCCC)OC(=O)CCCCCCC/C=C\CCCCC. The van der Waals surface area contributed by atoms with Crippen molar-refractivity contribution in [2.75, 3.05) is 6.61 Å². The first-order chi connectivity index (χ1) is 29.5. The molecular formula is C54H95NO5. The lowest BCUT2D eigenvalue weighted by Gasteiger charge is -2.24. The highest BCUT2D eigenvalue weighted by Gasteiger charge is 2.24. The van der Waals surface area contributed by atoms with Gasteiger partial charge < -0.3 is 20.3 Å². The first-order valence-electron chi connectivity index (χ1n) is 25.2. The van der Waals surface area contributed by atoms with Crippen molar-refractivity contribution < 1.29 is 24.5 Å². The maximum absolute atomic E-state index is 13.2. The van der Waals surface area contributed by atoms with E-state index in [-0.39, 0.29) is 24.9 Å². The number of amides is 1. The van der Waals surface area contributed by atoms with Crippen molar-refractivity contribution in [3.8, 4) is 0 Å². The van der Waals surface area contributed by atoms with Crippen molar-refractivity contribution in [1.82, 2.24) is 5.32 Å². The number of ether oxygens (including phenoxy) is 1. The third kappa shape index (κ3) is 42.0. The fourth-order valence-corrected chi connectivity index (χ4v) is 7.33. The molecule has 0 saturated heterocycles. The minimum absolute atomic E-state index is 0.0232. The molecule has 3 atom stereocenters. The first kappa shape index (κ1) is 57.3. The highest BCUT2D eigenvalue weighted by Crippen LogP contribution is 2.17. The second kappa shape index (κ2) is 47.4. The maximum atomic E-state index is 13.2. The molecule has 0 aromatic rings. The Bertz CT molecular complexity index is 1120. The van der Waals surface area contributed by atoms with E-state index in [1.54, 1.807) is 0 Å². The summed E-state index contributed by atoms with van der Waals surface area (Å²) in [5.74, 6) is -0.559. The van der Waals surface area contributed by atoms with Gasteiger partial charge in [-0.15, -0.1) is 0 Å². The van der Waals surface area contributed by atoms with Gasteiger partial charge in [0, 0.05) is 6.42 Å². The summed E-state index contributed by atoms with van der Waals surface area (Å²) in [5, 5.41) is 23.7. The van der Waals surface area contributed by atoms with Crippen LogP contribution in [-0.2, 0) is 14.3 Å². The molecule has 0 spiro atoms. The number of hydrogen-bond donors (Lipinski definition) is 3. The van der Waals surface area contributed by atoms with Gasteiger partial charge >= 0.3 is 5.97 Å². The molecule has 0 aromatic heterocycles. The number of unbranched alkanes of at least 4 members (excludes halogenated alkanes) is 24. The molecule has 0 saturated carbocycles. The number of aliphatic hydroxyl groups excluding tert-OH is 2. The van der Waals surface area contributed by atoms with E-state index >= 15 is 0 Å². The van der Waals surface area contributed by atoms with Crippen LogP contribution in [0.3, 0.4) is 0 Å². The van der Waals surface area contributed by atoms with Gasteiger partial charge in [0.15, 0.2) is 0 Å². The molecule has 6 heteroatoms. The standard InChI is InChI=1S/C54H95NO5/c1-4-7-10-13-16-19-22-25-26-27-29-31-34-37-40-43-46-52(57)51(49-56)55-53(58)48-50(45-42-39-36-33-30-28-23-20-17-14-11-8-5-2)60-54(59)47-44-41-38-35-32-24-21-18-15-12-9-6-3/h8,11,14,17-18,20-21,23,28,30,33,36,50-52,56-57H,4-7,9-10,12-13,15-16,19,22,24-27,29,31-32,34-35,37-49H2,1-3H3,(H,55,58)/b11-8+,17-14+,21-18-,23-20-,30-28-,36-33+. The number of carbonyl (C=O) groups excluding carboxylic acids is 2. The number of allylic oxidation sites excluding steroid dienone is 12. The van der Waals surface area contributed by atoms with Crippen molar-refractivity contribution >= 4 is 11.9 Å². The number of nitrogens with one attached hydrogen (secondary N) is 1. The summed E-state index contributed by atoms with van der Waals surface area (Å²) < 4.78 is 5.88. The zero-order valence-corrected chi connectivity index (χ0v) is 39.3. The quantitative estimate of drug-likeness (QED) is 0.0246. The topological polar surface area (TPSA) is 95.9 Å². The van der Waals surface area contributed by atoms with Gasteiger partial charge in [-0.3, -0.25) is 9.59 Å². The molecule has 0 radical (unpaired) electrons. The van der Waals surface area contributed by atoms with Gasteiger partial charge in [0.25, 0.3) is 0 Å². The van der Waals surface area contributed by atoms with Crippen LogP contribution in [0.2, 0.25) is 0 Å². The third-order valence-corrected chi connectivity index (χ3v) is 11.1. The molecule has 0 rings (SSSR count). The molecule has 3 N–H and O–H groups in total. The highest BCUT2D eigenvalue weighted by molar-refractivity contribution is 5.77. The summed E-state index contributed by atoms with van der Waals surface area (Å²) in [6, 6.07) is -0.728. The van der Waals surface area contributed by atoms with E-state index in [0.29, 0.717) is 19.3 Å². The molecule has 6 nitrogen and oxygen atoms in total. The van der Waals surface area contributed by atoms with E-state index in [9.17, 15) is 19.8 Å². The molecular weight excluding hydrogens is 743 g/mol. The molecule has 0 bridgehead atoms.